The molecule has 0 aliphatic carbocycles. The van der Waals surface area contributed by atoms with Crippen LogP contribution >= 0.6 is 0 Å². The molecule has 1 aliphatic heterocycles. The first-order valence-electron chi connectivity index (χ1n) is 12.1. The smallest absolute Gasteiger partial charge is 0.280 e. The van der Waals surface area contributed by atoms with Crippen molar-refractivity contribution >= 4 is 25.7 Å². The van der Waals surface area contributed by atoms with Crippen molar-refractivity contribution < 1.29 is 35.8 Å². The number of rotatable bonds is 11. The minimum atomic E-state index is -4.33. The van der Waals surface area contributed by atoms with Crippen LogP contribution in [0.4, 0.5) is 5.82 Å². The van der Waals surface area contributed by atoms with Crippen LogP contribution in [0.1, 0.15) is 38.2 Å². The highest BCUT2D eigenvalue weighted by Gasteiger charge is 2.29. The lowest BCUT2D eigenvalue weighted by molar-refractivity contribution is 0.0651. The van der Waals surface area contributed by atoms with Crippen LogP contribution < -0.4 is 18.9 Å². The van der Waals surface area contributed by atoms with E-state index >= 15 is 0 Å². The second-order valence-electron chi connectivity index (χ2n) is 9.15. The molecule has 0 bridgehead atoms. The van der Waals surface area contributed by atoms with Crippen molar-refractivity contribution in [3.8, 4) is 23.1 Å². The van der Waals surface area contributed by atoms with Gasteiger partial charge < -0.3 is 18.9 Å². The van der Waals surface area contributed by atoms with Crippen molar-refractivity contribution in [2.75, 3.05) is 31.3 Å². The van der Waals surface area contributed by atoms with E-state index in [1.165, 1.54) is 19.4 Å². The van der Waals surface area contributed by atoms with Crippen molar-refractivity contribution in [3.63, 3.8) is 0 Å². The number of nitrogens with zero attached hydrogens (tertiary/aromatic N) is 3. The Morgan fingerprint density at radius 2 is 1.82 bits per heavy atom. The minimum absolute atomic E-state index is 0.0346. The van der Waals surface area contributed by atoms with E-state index in [0.29, 0.717) is 12.4 Å². The molecule has 3 aromatic rings. The first kappa shape index (κ1) is 28.5. The maximum Gasteiger partial charge on any atom is 0.280 e. The molecular weight excluding hydrogens is 548 g/mol. The number of sulfone groups is 1. The van der Waals surface area contributed by atoms with Crippen molar-refractivity contribution in [2.45, 2.75) is 48.9 Å². The van der Waals surface area contributed by atoms with Crippen molar-refractivity contribution in [1.82, 2.24) is 15.0 Å². The van der Waals surface area contributed by atoms with Gasteiger partial charge in [0.15, 0.2) is 22.3 Å². The van der Waals surface area contributed by atoms with Gasteiger partial charge in [-0.05, 0) is 42.5 Å². The van der Waals surface area contributed by atoms with E-state index in [4.69, 9.17) is 18.9 Å². The highest BCUT2D eigenvalue weighted by Crippen LogP contribution is 2.41. The topological polar surface area (TPSA) is 156 Å². The second kappa shape index (κ2) is 11.7. The number of methoxy groups -OCH3 is 1. The fourth-order valence-corrected chi connectivity index (χ4v) is 5.11. The Balaban J connectivity index is 1.82. The molecule has 1 saturated heterocycles. The monoisotopic (exact) mass is 578 g/mol. The lowest BCUT2D eigenvalue weighted by Gasteiger charge is -2.19. The number of hydrogen-bond acceptors (Lipinski definition) is 11. The SMILES string of the molecule is COc1ccccc1Oc1c(NS(=O)(=O)c2ccc(C(C)C)cn2)nc(S(C)(=O)=O)nc1OCC1CCCO1. The van der Waals surface area contributed by atoms with Gasteiger partial charge in [0.1, 0.15) is 6.61 Å². The van der Waals surface area contributed by atoms with Crippen LogP contribution in [0.5, 0.6) is 23.1 Å². The Morgan fingerprint density at radius 3 is 2.41 bits per heavy atom. The van der Waals surface area contributed by atoms with E-state index in [1.54, 1.807) is 30.3 Å². The number of sulfonamides is 1. The first-order chi connectivity index (χ1) is 18.5. The predicted molar refractivity (Wildman–Crippen MR) is 142 cm³/mol. The van der Waals surface area contributed by atoms with E-state index in [9.17, 15) is 16.8 Å². The van der Waals surface area contributed by atoms with Crippen LogP contribution in [0.3, 0.4) is 0 Å². The Labute approximate surface area is 227 Å². The summed E-state index contributed by atoms with van der Waals surface area (Å²) in [6, 6.07) is 9.62. The van der Waals surface area contributed by atoms with Gasteiger partial charge in [0.25, 0.3) is 21.1 Å². The molecule has 2 aromatic heterocycles. The number of pyridine rings is 1. The van der Waals surface area contributed by atoms with Crippen molar-refractivity contribution in [1.29, 1.82) is 0 Å². The van der Waals surface area contributed by atoms with Gasteiger partial charge in [0.2, 0.25) is 15.6 Å². The second-order valence-corrected chi connectivity index (χ2v) is 12.7. The van der Waals surface area contributed by atoms with Crippen LogP contribution in [0.15, 0.2) is 52.8 Å². The molecule has 1 unspecified atom stereocenters. The largest absolute Gasteiger partial charge is 0.493 e. The van der Waals surface area contributed by atoms with E-state index < -0.39 is 30.8 Å². The molecule has 12 nitrogen and oxygen atoms in total. The zero-order chi connectivity index (χ0) is 28.2. The molecule has 1 fully saturated rings. The molecule has 0 amide bonds. The molecular formula is C25H30N4O8S2. The molecule has 3 heterocycles. The average molecular weight is 579 g/mol. The van der Waals surface area contributed by atoms with E-state index in [2.05, 4.69) is 19.7 Å². The average Bonchev–Trinajstić information content (AvgIpc) is 3.42. The summed E-state index contributed by atoms with van der Waals surface area (Å²) in [4.78, 5) is 12.1. The number of anilines is 1. The fourth-order valence-electron chi connectivity index (χ4n) is 3.67. The quantitative estimate of drug-likeness (QED) is 0.332. The van der Waals surface area contributed by atoms with Crippen LogP contribution in [0.25, 0.3) is 0 Å². The molecule has 4 rings (SSSR count). The summed E-state index contributed by atoms with van der Waals surface area (Å²) >= 11 is 0. The van der Waals surface area contributed by atoms with Gasteiger partial charge in [-0.2, -0.15) is 18.4 Å². The highest BCUT2D eigenvalue weighted by atomic mass is 32.2. The summed E-state index contributed by atoms with van der Waals surface area (Å²) in [5, 5.41) is -0.950. The maximum absolute atomic E-state index is 13.3. The van der Waals surface area contributed by atoms with Crippen LogP contribution in [-0.4, -0.2) is 64.5 Å². The summed E-state index contributed by atoms with van der Waals surface area (Å²) in [6.45, 7) is 4.52. The fraction of sp³-hybridized carbons (Fsp3) is 0.400. The van der Waals surface area contributed by atoms with Crippen molar-refractivity contribution in [2.24, 2.45) is 0 Å². The van der Waals surface area contributed by atoms with Crippen molar-refractivity contribution in [3.05, 3.63) is 48.2 Å². The third-order valence-corrected chi connectivity index (χ3v) is 7.89. The number of aromatic nitrogens is 3. The minimum Gasteiger partial charge on any atom is -0.493 e. The molecule has 0 radical (unpaired) electrons. The third kappa shape index (κ3) is 6.94. The summed E-state index contributed by atoms with van der Waals surface area (Å²) in [6.07, 6.45) is 3.71. The number of nitrogens with one attached hydrogen (secondary N) is 1. The maximum atomic E-state index is 13.3. The van der Waals surface area contributed by atoms with E-state index in [0.717, 1.165) is 24.7 Å². The normalized spacial score (nSPS) is 15.8. The lowest BCUT2D eigenvalue weighted by Crippen LogP contribution is -2.20. The van der Waals surface area contributed by atoms with Gasteiger partial charge in [-0.3, -0.25) is 4.72 Å². The standard InChI is InChI=1S/C25H30N4O8S2/c1-16(2)17-11-12-21(26-14-17)39(32,33)29-23-22(37-20-10-6-5-9-19(20)34-3)24(28-25(27-23)38(4,30)31)36-15-18-8-7-13-35-18/h5-6,9-12,14,16,18H,7-8,13,15H2,1-4H3,(H,27,28,29). The summed E-state index contributed by atoms with van der Waals surface area (Å²) in [5.41, 5.74) is 0.848. The Bertz CT molecular complexity index is 1520. The van der Waals surface area contributed by atoms with Gasteiger partial charge >= 0.3 is 0 Å². The molecule has 14 heteroatoms. The molecule has 1 aliphatic rings. The Morgan fingerprint density at radius 1 is 1.08 bits per heavy atom. The molecule has 0 spiro atoms. The zero-order valence-corrected chi connectivity index (χ0v) is 23.6. The van der Waals surface area contributed by atoms with Gasteiger partial charge in [0.05, 0.1) is 13.2 Å². The summed E-state index contributed by atoms with van der Waals surface area (Å²) in [7, 11) is -6.88. The van der Waals surface area contributed by atoms with Crippen LogP contribution in [0, 0.1) is 0 Å². The zero-order valence-electron chi connectivity index (χ0n) is 21.9. The lowest BCUT2D eigenvalue weighted by atomic mass is 10.1. The van der Waals surface area contributed by atoms with E-state index in [1.807, 2.05) is 13.8 Å². The molecule has 1 atom stereocenters. The number of para-hydroxylation sites is 2. The number of ether oxygens (including phenoxy) is 4. The summed E-state index contributed by atoms with van der Waals surface area (Å²) in [5.74, 6) is -0.328. The molecule has 39 heavy (non-hydrogen) atoms. The predicted octanol–water partition coefficient (Wildman–Crippen LogP) is 3.56. The van der Waals surface area contributed by atoms with Gasteiger partial charge in [0, 0.05) is 19.1 Å². The van der Waals surface area contributed by atoms with Crippen LogP contribution in [0.2, 0.25) is 0 Å². The number of benzene rings is 1. The summed E-state index contributed by atoms with van der Waals surface area (Å²) < 4.78 is 76.7. The molecule has 1 N–H and O–H groups in total. The van der Waals surface area contributed by atoms with Gasteiger partial charge in [-0.15, -0.1) is 0 Å². The molecule has 210 valence electrons. The highest BCUT2D eigenvalue weighted by molar-refractivity contribution is 7.92. The molecule has 1 aromatic carbocycles. The third-order valence-electron chi connectivity index (χ3n) is 5.79. The Kier molecular flexibility index (Phi) is 8.57. The van der Waals surface area contributed by atoms with E-state index in [-0.39, 0.29) is 41.0 Å². The van der Waals surface area contributed by atoms with Gasteiger partial charge in [-0.1, -0.05) is 32.0 Å². The molecule has 0 saturated carbocycles. The van der Waals surface area contributed by atoms with Crippen LogP contribution in [-0.2, 0) is 24.6 Å². The first-order valence-corrected chi connectivity index (χ1v) is 15.5. The number of hydrogen-bond donors (Lipinski definition) is 1. The van der Waals surface area contributed by atoms with Gasteiger partial charge in [-0.25, -0.2) is 13.4 Å². The Hall–Kier alpha value is -3.49.